The Morgan fingerprint density at radius 2 is 0.451 bits per heavy atom. The van der Waals surface area contributed by atoms with Gasteiger partial charge >= 0.3 is 39.5 Å². The average molecular weight is 1490 g/mol. The summed E-state index contributed by atoms with van der Waals surface area (Å²) in [6.45, 7) is 7.34. The number of carbonyl (C=O) groups is 4. The normalized spacial score (nSPS) is 13.8. The Balaban J connectivity index is 5.17. The Kier molecular flexibility index (Phi) is 74.4. The lowest BCUT2D eigenvalue weighted by molar-refractivity contribution is -0.161. The quantitative estimate of drug-likeness (QED) is 0.0222. The molecule has 0 aromatic heterocycles. The van der Waals surface area contributed by atoms with Gasteiger partial charge < -0.3 is 33.8 Å². The minimum absolute atomic E-state index is 0.108. The van der Waals surface area contributed by atoms with Gasteiger partial charge in [0.05, 0.1) is 26.4 Å². The molecule has 0 aliphatic rings. The van der Waals surface area contributed by atoms with Crippen molar-refractivity contribution in [3.05, 3.63) is 0 Å². The van der Waals surface area contributed by atoms with Crippen molar-refractivity contribution in [3.8, 4) is 0 Å². The molecule has 0 bridgehead atoms. The lowest BCUT2D eigenvalue weighted by atomic mass is 10.0. The van der Waals surface area contributed by atoms with Crippen molar-refractivity contribution < 1.29 is 80.2 Å². The zero-order chi connectivity index (χ0) is 74.8. The number of rotatable bonds is 83. The molecule has 0 aliphatic heterocycles. The van der Waals surface area contributed by atoms with Crippen molar-refractivity contribution in [2.24, 2.45) is 5.92 Å². The second-order valence-corrected chi connectivity index (χ2v) is 33.3. The highest BCUT2D eigenvalue weighted by atomic mass is 31.2. The summed E-state index contributed by atoms with van der Waals surface area (Å²) in [5.74, 6) is -1.29. The van der Waals surface area contributed by atoms with Crippen LogP contribution in [0.5, 0.6) is 0 Å². The highest BCUT2D eigenvalue weighted by molar-refractivity contribution is 7.47. The molecule has 0 saturated heterocycles. The smallest absolute Gasteiger partial charge is 0.462 e. The summed E-state index contributed by atoms with van der Waals surface area (Å²) in [5.41, 5.74) is 0. The van der Waals surface area contributed by atoms with Crippen LogP contribution in [-0.2, 0) is 65.4 Å². The van der Waals surface area contributed by atoms with Crippen molar-refractivity contribution in [3.63, 3.8) is 0 Å². The van der Waals surface area contributed by atoms with Crippen LogP contribution in [0, 0.1) is 5.92 Å². The maximum Gasteiger partial charge on any atom is 0.472 e. The van der Waals surface area contributed by atoms with E-state index in [1.807, 2.05) is 0 Å². The summed E-state index contributed by atoms with van der Waals surface area (Å²) in [4.78, 5) is 73.0. The number of ether oxygens (including phenoxy) is 4. The molecular formula is C83H162O17P2. The molecule has 0 radical (unpaired) electrons. The molecule has 0 aliphatic carbocycles. The van der Waals surface area contributed by atoms with Crippen LogP contribution in [0.15, 0.2) is 0 Å². The van der Waals surface area contributed by atoms with Crippen LogP contribution in [0.3, 0.4) is 0 Å². The second-order valence-electron chi connectivity index (χ2n) is 30.3. The molecule has 0 spiro atoms. The number of hydrogen-bond acceptors (Lipinski definition) is 15. The highest BCUT2D eigenvalue weighted by Gasteiger charge is 2.30. The molecule has 0 rings (SSSR count). The van der Waals surface area contributed by atoms with Gasteiger partial charge in [-0.2, -0.15) is 0 Å². The molecule has 0 heterocycles. The lowest BCUT2D eigenvalue weighted by Crippen LogP contribution is -2.30. The Morgan fingerprint density at radius 1 is 0.265 bits per heavy atom. The van der Waals surface area contributed by atoms with Gasteiger partial charge in [0.2, 0.25) is 0 Å². The van der Waals surface area contributed by atoms with E-state index in [1.165, 1.54) is 263 Å². The molecule has 5 atom stereocenters. The fourth-order valence-electron chi connectivity index (χ4n) is 12.9. The van der Waals surface area contributed by atoms with Gasteiger partial charge in [0, 0.05) is 25.7 Å². The van der Waals surface area contributed by atoms with Gasteiger partial charge in [-0.25, -0.2) is 9.13 Å². The first-order chi connectivity index (χ1) is 49.5. The maximum atomic E-state index is 13.1. The maximum absolute atomic E-state index is 13.1. The first-order valence-corrected chi connectivity index (χ1v) is 46.1. The number of carbonyl (C=O) groups excluding carboxylic acids is 4. The van der Waals surface area contributed by atoms with E-state index in [9.17, 15) is 43.2 Å². The van der Waals surface area contributed by atoms with Crippen LogP contribution >= 0.6 is 15.6 Å². The number of aliphatic hydroxyl groups is 1. The molecule has 19 heteroatoms. The fourth-order valence-corrected chi connectivity index (χ4v) is 14.5. The molecule has 102 heavy (non-hydrogen) atoms. The molecule has 3 N–H and O–H groups in total. The second kappa shape index (κ2) is 75.9. The Hall–Kier alpha value is -1.94. The summed E-state index contributed by atoms with van der Waals surface area (Å²) in [6.07, 6.45) is 68.2. The van der Waals surface area contributed by atoms with Crippen LogP contribution in [-0.4, -0.2) is 96.7 Å². The van der Waals surface area contributed by atoms with E-state index < -0.39 is 97.5 Å². The standard InChI is InChI=1S/C83H162O17P2/c1-6-9-12-15-18-21-23-25-26-27-28-29-30-31-32-37-41-45-49-54-59-64-69-83(88)100-79(73-94-81(86)67-62-57-52-47-43-40-36-34-33-35-39-42-46-50-55-60-65-76(4)5)75-98-102(91,92)96-71-77(84)70-95-101(89,90)97-74-78(72-93-80(85)66-61-56-51-20-17-14-11-8-3)99-82(87)68-63-58-53-48-44-38-24-22-19-16-13-10-7-2/h76-79,84H,6-75H2,1-5H3,(H,89,90)(H,91,92)/t77-,78+,79+/m0/s1. The predicted molar refractivity (Wildman–Crippen MR) is 418 cm³/mol. The van der Waals surface area contributed by atoms with Crippen LogP contribution < -0.4 is 0 Å². The summed E-state index contributed by atoms with van der Waals surface area (Å²) < 4.78 is 68.7. The monoisotopic (exact) mass is 1490 g/mol. The van der Waals surface area contributed by atoms with Gasteiger partial charge in [0.25, 0.3) is 0 Å². The SMILES string of the molecule is CCCCCCCCCCCCCCCCCCCCCCCCC(=O)O[C@H](COC(=O)CCCCCCCCCCCCCCCCCCC(C)C)COP(=O)(O)OC[C@@H](O)COP(=O)(O)OC[C@@H](COC(=O)CCCCCCCCCC)OC(=O)CCCCCCCCCCCCCCC. The van der Waals surface area contributed by atoms with Crippen molar-refractivity contribution in [2.45, 2.75) is 464 Å². The molecule has 0 saturated carbocycles. The Morgan fingerprint density at radius 3 is 0.667 bits per heavy atom. The van der Waals surface area contributed by atoms with Gasteiger partial charge in [0.15, 0.2) is 12.2 Å². The van der Waals surface area contributed by atoms with Crippen molar-refractivity contribution in [1.82, 2.24) is 0 Å². The number of phosphoric acid groups is 2. The molecule has 606 valence electrons. The van der Waals surface area contributed by atoms with E-state index in [4.69, 9.17) is 37.0 Å². The third-order valence-corrected chi connectivity index (χ3v) is 21.4. The topological polar surface area (TPSA) is 237 Å². The lowest BCUT2D eigenvalue weighted by Gasteiger charge is -2.21. The van der Waals surface area contributed by atoms with E-state index >= 15 is 0 Å². The molecule has 0 aromatic rings. The average Bonchev–Trinajstić information content (AvgIpc) is 0.912. The van der Waals surface area contributed by atoms with Gasteiger partial charge in [-0.3, -0.25) is 37.3 Å². The first kappa shape index (κ1) is 100. The van der Waals surface area contributed by atoms with E-state index in [1.54, 1.807) is 0 Å². The van der Waals surface area contributed by atoms with Crippen LogP contribution in [0.2, 0.25) is 0 Å². The van der Waals surface area contributed by atoms with E-state index in [0.29, 0.717) is 25.7 Å². The van der Waals surface area contributed by atoms with Gasteiger partial charge in [-0.15, -0.1) is 0 Å². The number of esters is 4. The summed E-state index contributed by atoms with van der Waals surface area (Å²) in [5, 5.41) is 10.6. The predicted octanol–water partition coefficient (Wildman–Crippen LogP) is 25.2. The highest BCUT2D eigenvalue weighted by Crippen LogP contribution is 2.45. The first-order valence-electron chi connectivity index (χ1n) is 43.1. The van der Waals surface area contributed by atoms with Crippen molar-refractivity contribution in [1.29, 1.82) is 0 Å². The Bertz CT molecular complexity index is 1940. The Labute approximate surface area is 626 Å². The summed E-state index contributed by atoms with van der Waals surface area (Å²) >= 11 is 0. The molecule has 0 fully saturated rings. The fraction of sp³-hybridized carbons (Fsp3) is 0.952. The number of aliphatic hydroxyl groups excluding tert-OH is 1. The summed E-state index contributed by atoms with van der Waals surface area (Å²) in [6, 6.07) is 0. The van der Waals surface area contributed by atoms with Crippen LogP contribution in [0.4, 0.5) is 0 Å². The van der Waals surface area contributed by atoms with Gasteiger partial charge in [-0.05, 0) is 31.6 Å². The van der Waals surface area contributed by atoms with Crippen molar-refractivity contribution in [2.75, 3.05) is 39.6 Å². The van der Waals surface area contributed by atoms with Crippen molar-refractivity contribution >= 4 is 39.5 Å². The van der Waals surface area contributed by atoms with Crippen LogP contribution in [0.25, 0.3) is 0 Å². The minimum atomic E-state index is -4.96. The molecule has 0 aromatic carbocycles. The van der Waals surface area contributed by atoms with Gasteiger partial charge in [-0.1, -0.05) is 394 Å². The van der Waals surface area contributed by atoms with E-state index in [-0.39, 0.29) is 25.7 Å². The molecule has 0 amide bonds. The summed E-state index contributed by atoms with van der Waals surface area (Å²) in [7, 11) is -9.92. The number of unbranched alkanes of at least 4 members (excludes halogenated alkanes) is 55. The van der Waals surface area contributed by atoms with E-state index in [0.717, 1.165) is 102 Å². The minimum Gasteiger partial charge on any atom is -0.462 e. The number of hydrogen-bond donors (Lipinski definition) is 3. The molecular weight excluding hydrogens is 1330 g/mol. The molecule has 2 unspecified atom stereocenters. The zero-order valence-corrected chi connectivity index (χ0v) is 68.5. The third kappa shape index (κ3) is 76.3. The number of phosphoric ester groups is 2. The third-order valence-electron chi connectivity index (χ3n) is 19.5. The zero-order valence-electron chi connectivity index (χ0n) is 66.8. The van der Waals surface area contributed by atoms with E-state index in [2.05, 4.69) is 34.6 Å². The molecule has 17 nitrogen and oxygen atoms in total. The van der Waals surface area contributed by atoms with Crippen LogP contribution in [0.1, 0.15) is 446 Å². The van der Waals surface area contributed by atoms with Gasteiger partial charge in [0.1, 0.15) is 19.3 Å². The largest absolute Gasteiger partial charge is 0.472 e.